The molecule has 0 saturated heterocycles. The number of hydrogen-bond donors (Lipinski definition) is 2. The fourth-order valence-electron chi connectivity index (χ4n) is 2.17. The van der Waals surface area contributed by atoms with Crippen LogP contribution >= 0.6 is 0 Å². The summed E-state index contributed by atoms with van der Waals surface area (Å²) in [6.07, 6.45) is 3.02. The molecule has 3 nitrogen and oxygen atoms in total. The zero-order valence-corrected chi connectivity index (χ0v) is 10.4. The maximum Gasteiger partial charge on any atom is 0.130 e. The number of nitrogens with two attached hydrogens (primary N) is 1. The van der Waals surface area contributed by atoms with E-state index in [2.05, 4.69) is 35.4 Å². The van der Waals surface area contributed by atoms with Crippen LogP contribution in [0.5, 0.6) is 0 Å². The van der Waals surface area contributed by atoms with E-state index >= 15 is 0 Å². The Morgan fingerprint density at radius 1 is 1.28 bits per heavy atom. The molecule has 1 aromatic carbocycles. The van der Waals surface area contributed by atoms with E-state index in [9.17, 15) is 0 Å². The highest BCUT2D eigenvalue weighted by atomic mass is 15.0. The Hall–Kier alpha value is -1.87. The molecule has 3 N–H and O–H groups in total. The molecule has 1 fully saturated rings. The van der Waals surface area contributed by atoms with Gasteiger partial charge in [-0.25, -0.2) is 4.98 Å². The van der Waals surface area contributed by atoms with Gasteiger partial charge in [0.1, 0.15) is 5.82 Å². The first kappa shape index (κ1) is 11.2. The van der Waals surface area contributed by atoms with Gasteiger partial charge in [0.2, 0.25) is 0 Å². The minimum Gasteiger partial charge on any atom is -0.340 e. The summed E-state index contributed by atoms with van der Waals surface area (Å²) >= 11 is 0. The van der Waals surface area contributed by atoms with Crippen molar-refractivity contribution in [3.8, 4) is 0 Å². The van der Waals surface area contributed by atoms with Crippen LogP contribution in [0.2, 0.25) is 0 Å². The Balaban J connectivity index is 1.73. The van der Waals surface area contributed by atoms with Gasteiger partial charge in [0.15, 0.2) is 0 Å². The first-order valence-corrected chi connectivity index (χ1v) is 6.27. The van der Waals surface area contributed by atoms with Gasteiger partial charge in [-0.1, -0.05) is 18.2 Å². The Morgan fingerprint density at radius 3 is 2.72 bits per heavy atom. The third kappa shape index (κ3) is 2.36. The Labute approximate surface area is 107 Å². The van der Waals surface area contributed by atoms with E-state index in [-0.39, 0.29) is 0 Å². The van der Waals surface area contributed by atoms with Gasteiger partial charge in [0.05, 0.1) is 0 Å². The summed E-state index contributed by atoms with van der Waals surface area (Å²) in [7, 11) is 0. The van der Waals surface area contributed by atoms with Gasteiger partial charge in [-0.05, 0) is 42.7 Å². The van der Waals surface area contributed by atoms with Crippen molar-refractivity contribution in [3.63, 3.8) is 0 Å². The number of aryl methyl sites for hydroxylation is 1. The van der Waals surface area contributed by atoms with Crippen LogP contribution in [-0.2, 0) is 0 Å². The maximum atomic E-state index is 5.83. The second-order valence-corrected chi connectivity index (χ2v) is 4.98. The summed E-state index contributed by atoms with van der Waals surface area (Å²) in [5.74, 6) is 1.39. The predicted octanol–water partition coefficient (Wildman–Crippen LogP) is 2.95. The van der Waals surface area contributed by atoms with Crippen molar-refractivity contribution in [3.05, 3.63) is 53.7 Å². The van der Waals surface area contributed by atoms with Crippen LogP contribution in [0.3, 0.4) is 0 Å². The van der Waals surface area contributed by atoms with Crippen LogP contribution in [0, 0.1) is 6.92 Å². The normalized spacial score (nSPS) is 21.7. The molecule has 2 atom stereocenters. The van der Waals surface area contributed by atoms with Crippen LogP contribution in [0.25, 0.3) is 0 Å². The second-order valence-electron chi connectivity index (χ2n) is 4.98. The lowest BCUT2D eigenvalue weighted by Crippen LogP contribution is -2.01. The number of pyridine rings is 1. The number of nitrogens with zero attached hydrogens (tertiary/aromatic N) is 1. The fraction of sp³-hybridized carbons (Fsp3) is 0.267. The van der Waals surface area contributed by atoms with Crippen LogP contribution in [0.4, 0.5) is 11.5 Å². The van der Waals surface area contributed by atoms with Crippen LogP contribution in [0.15, 0.2) is 42.6 Å². The quantitative estimate of drug-likeness (QED) is 0.865. The molecule has 92 valence electrons. The molecule has 3 rings (SSSR count). The molecule has 1 aliphatic rings. The first-order valence-electron chi connectivity index (χ1n) is 6.27. The average Bonchev–Trinajstić information content (AvgIpc) is 3.07. The first-order chi connectivity index (χ1) is 8.72. The van der Waals surface area contributed by atoms with Crippen molar-refractivity contribution >= 4 is 11.5 Å². The van der Waals surface area contributed by atoms with Gasteiger partial charge in [0, 0.05) is 23.8 Å². The Morgan fingerprint density at radius 2 is 2.11 bits per heavy atom. The van der Waals surface area contributed by atoms with Crippen LogP contribution in [0.1, 0.15) is 23.5 Å². The number of aromatic nitrogens is 1. The van der Waals surface area contributed by atoms with E-state index in [4.69, 9.17) is 5.73 Å². The minimum atomic E-state index is 0.336. The number of hydrogen-bond acceptors (Lipinski definition) is 3. The Kier molecular flexibility index (Phi) is 2.76. The monoisotopic (exact) mass is 239 g/mol. The average molecular weight is 239 g/mol. The molecule has 3 heteroatoms. The third-order valence-electron chi connectivity index (χ3n) is 3.34. The molecule has 0 unspecified atom stereocenters. The van der Waals surface area contributed by atoms with Crippen molar-refractivity contribution in [2.45, 2.75) is 25.3 Å². The van der Waals surface area contributed by atoms with Crippen molar-refractivity contribution in [1.82, 2.24) is 4.98 Å². The van der Waals surface area contributed by atoms with E-state index in [1.54, 1.807) is 0 Å². The lowest BCUT2D eigenvalue weighted by molar-refractivity contribution is 0.981. The summed E-state index contributed by atoms with van der Waals surface area (Å²) in [5.41, 5.74) is 9.39. The maximum absolute atomic E-state index is 5.83. The number of anilines is 2. The number of nitrogens with one attached hydrogen (secondary N) is 1. The van der Waals surface area contributed by atoms with E-state index in [0.717, 1.165) is 17.9 Å². The largest absolute Gasteiger partial charge is 0.340 e. The van der Waals surface area contributed by atoms with Gasteiger partial charge in [-0.2, -0.15) is 0 Å². The van der Waals surface area contributed by atoms with Crippen LogP contribution in [-0.4, -0.2) is 11.0 Å². The molecule has 0 bridgehead atoms. The van der Waals surface area contributed by atoms with Gasteiger partial charge in [-0.15, -0.1) is 0 Å². The molecule has 1 saturated carbocycles. The molecule has 1 aliphatic carbocycles. The zero-order valence-electron chi connectivity index (χ0n) is 10.4. The summed E-state index contributed by atoms with van der Waals surface area (Å²) in [5, 5.41) is 3.30. The smallest absolute Gasteiger partial charge is 0.130 e. The van der Waals surface area contributed by atoms with Gasteiger partial charge >= 0.3 is 0 Å². The molecule has 0 radical (unpaired) electrons. The van der Waals surface area contributed by atoms with Gasteiger partial charge in [-0.3, -0.25) is 0 Å². The highest BCUT2D eigenvalue weighted by Crippen LogP contribution is 2.38. The molecular weight excluding hydrogens is 222 g/mol. The van der Waals surface area contributed by atoms with Gasteiger partial charge in [0.25, 0.3) is 0 Å². The third-order valence-corrected chi connectivity index (χ3v) is 3.34. The summed E-state index contributed by atoms with van der Waals surface area (Å²) in [6.45, 7) is 2.08. The highest BCUT2D eigenvalue weighted by molar-refractivity contribution is 5.57. The van der Waals surface area contributed by atoms with E-state index in [0.29, 0.717) is 12.0 Å². The fourth-order valence-corrected chi connectivity index (χ4v) is 2.17. The van der Waals surface area contributed by atoms with Crippen molar-refractivity contribution in [2.75, 3.05) is 5.32 Å². The molecule has 18 heavy (non-hydrogen) atoms. The Bertz CT molecular complexity index is 548. The SMILES string of the molecule is Cc1cccc(Nc2ccc([C@H]3C[C@@H]3N)cn2)c1. The minimum absolute atomic E-state index is 0.336. The number of benzene rings is 1. The van der Waals surface area contributed by atoms with Crippen molar-refractivity contribution in [2.24, 2.45) is 5.73 Å². The molecule has 0 spiro atoms. The molecule has 0 aliphatic heterocycles. The topological polar surface area (TPSA) is 50.9 Å². The lowest BCUT2D eigenvalue weighted by atomic mass is 10.2. The highest BCUT2D eigenvalue weighted by Gasteiger charge is 2.34. The molecular formula is C15H17N3. The van der Waals surface area contributed by atoms with Crippen molar-refractivity contribution in [1.29, 1.82) is 0 Å². The summed E-state index contributed by atoms with van der Waals surface area (Å²) in [6, 6.07) is 12.7. The summed E-state index contributed by atoms with van der Waals surface area (Å²) in [4.78, 5) is 4.43. The molecule has 2 aromatic rings. The predicted molar refractivity (Wildman–Crippen MR) is 74.0 cm³/mol. The van der Waals surface area contributed by atoms with Crippen LogP contribution < -0.4 is 11.1 Å². The van der Waals surface area contributed by atoms with E-state index in [1.165, 1.54) is 11.1 Å². The lowest BCUT2D eigenvalue weighted by Gasteiger charge is -2.07. The van der Waals surface area contributed by atoms with Gasteiger partial charge < -0.3 is 11.1 Å². The number of rotatable bonds is 3. The van der Waals surface area contributed by atoms with Crippen molar-refractivity contribution < 1.29 is 0 Å². The molecule has 1 heterocycles. The van der Waals surface area contributed by atoms with E-state index in [1.807, 2.05) is 24.4 Å². The molecule has 0 amide bonds. The summed E-state index contributed by atoms with van der Waals surface area (Å²) < 4.78 is 0. The standard InChI is InChI=1S/C15H17N3/c1-10-3-2-4-12(7-10)18-15-6-5-11(9-17-15)13-8-14(13)16/h2-7,9,13-14H,8,16H2,1H3,(H,17,18)/t13-,14+/m1/s1. The second kappa shape index (κ2) is 4.42. The molecule has 1 aromatic heterocycles. The zero-order chi connectivity index (χ0) is 12.5. The van der Waals surface area contributed by atoms with E-state index < -0.39 is 0 Å².